The first kappa shape index (κ1) is 11.1. The van der Waals surface area contributed by atoms with Gasteiger partial charge in [-0.1, -0.05) is 0 Å². The molecule has 1 atom stereocenters. The molecule has 1 amide bonds. The maximum atomic E-state index is 11.4. The van der Waals surface area contributed by atoms with Gasteiger partial charge in [0.25, 0.3) is 5.91 Å². The maximum Gasteiger partial charge on any atom is 0.305 e. The van der Waals surface area contributed by atoms with Gasteiger partial charge in [0, 0.05) is 12.2 Å². The fraction of sp³-hybridized carbons (Fsp3) is 0.333. The molecule has 1 heterocycles. The molecule has 0 aromatic carbocycles. The predicted molar refractivity (Wildman–Crippen MR) is 51.2 cm³/mol. The minimum Gasteiger partial charge on any atom is -0.481 e. The molecule has 0 aliphatic rings. The smallest absolute Gasteiger partial charge is 0.305 e. The number of amides is 1. The Balaban J connectivity index is 2.53. The van der Waals surface area contributed by atoms with E-state index in [1.165, 1.54) is 12.3 Å². The van der Waals surface area contributed by atoms with Gasteiger partial charge in [-0.05, 0) is 19.1 Å². The van der Waals surface area contributed by atoms with Gasteiger partial charge in [-0.3, -0.25) is 9.59 Å². The van der Waals surface area contributed by atoms with E-state index in [9.17, 15) is 9.59 Å². The molecular weight excluding hydrogens is 198 g/mol. The second kappa shape index (κ2) is 5.04. The third-order valence-corrected chi connectivity index (χ3v) is 1.66. The summed E-state index contributed by atoms with van der Waals surface area (Å²) in [6.07, 6.45) is 1.34. The first-order valence-electron chi connectivity index (χ1n) is 4.40. The first-order chi connectivity index (χ1) is 7.09. The van der Waals surface area contributed by atoms with Crippen molar-refractivity contribution < 1.29 is 14.7 Å². The molecule has 6 heteroatoms. The number of rotatable bonds is 4. The van der Waals surface area contributed by atoms with Gasteiger partial charge in [0.2, 0.25) is 0 Å². The molecule has 6 nitrogen and oxygen atoms in total. The normalized spacial score (nSPS) is 11.8. The lowest BCUT2D eigenvalue weighted by Crippen LogP contribution is -2.34. The van der Waals surface area contributed by atoms with Crippen LogP contribution in [0.25, 0.3) is 0 Å². The van der Waals surface area contributed by atoms with Crippen molar-refractivity contribution in [3.05, 3.63) is 24.0 Å². The quantitative estimate of drug-likeness (QED) is 0.732. The summed E-state index contributed by atoms with van der Waals surface area (Å²) in [6.45, 7) is 1.61. The van der Waals surface area contributed by atoms with Crippen molar-refractivity contribution in [1.82, 2.24) is 15.5 Å². The number of aliphatic carboxylic acids is 1. The van der Waals surface area contributed by atoms with Crippen molar-refractivity contribution in [1.29, 1.82) is 0 Å². The van der Waals surface area contributed by atoms with E-state index in [-0.39, 0.29) is 12.1 Å². The predicted octanol–water partition coefficient (Wildman–Crippen LogP) is 0.0696. The summed E-state index contributed by atoms with van der Waals surface area (Å²) in [5.41, 5.74) is 0.176. The van der Waals surface area contributed by atoms with Gasteiger partial charge in [0.15, 0.2) is 5.69 Å². The zero-order valence-electron chi connectivity index (χ0n) is 8.17. The lowest BCUT2D eigenvalue weighted by Gasteiger charge is -2.10. The number of hydrogen-bond donors (Lipinski definition) is 2. The maximum absolute atomic E-state index is 11.4. The van der Waals surface area contributed by atoms with Crippen molar-refractivity contribution in [3.8, 4) is 0 Å². The molecule has 15 heavy (non-hydrogen) atoms. The van der Waals surface area contributed by atoms with Crippen molar-refractivity contribution >= 4 is 11.9 Å². The average Bonchev–Trinajstić information content (AvgIpc) is 2.17. The van der Waals surface area contributed by atoms with Crippen LogP contribution in [0.15, 0.2) is 18.3 Å². The Bertz CT molecular complexity index is 353. The Hall–Kier alpha value is -1.98. The molecule has 0 bridgehead atoms. The molecule has 0 spiro atoms. The minimum absolute atomic E-state index is 0.119. The summed E-state index contributed by atoms with van der Waals surface area (Å²) in [5.74, 6) is -1.38. The van der Waals surface area contributed by atoms with E-state index in [0.717, 1.165) is 0 Å². The second-order valence-electron chi connectivity index (χ2n) is 3.08. The molecule has 1 unspecified atom stereocenters. The van der Waals surface area contributed by atoms with E-state index in [1.54, 1.807) is 13.0 Å². The first-order valence-corrected chi connectivity index (χ1v) is 4.40. The highest BCUT2D eigenvalue weighted by molar-refractivity contribution is 5.92. The SMILES string of the molecule is CC(CC(=O)O)NC(=O)c1cccnn1. The zero-order valence-corrected chi connectivity index (χ0v) is 8.17. The molecule has 1 aromatic rings. The lowest BCUT2D eigenvalue weighted by molar-refractivity contribution is -0.137. The number of carbonyl (C=O) groups excluding carboxylic acids is 1. The fourth-order valence-corrected chi connectivity index (χ4v) is 1.03. The fourth-order valence-electron chi connectivity index (χ4n) is 1.03. The highest BCUT2D eigenvalue weighted by Gasteiger charge is 2.13. The number of carboxylic acids is 1. The van der Waals surface area contributed by atoms with E-state index in [2.05, 4.69) is 15.5 Å². The van der Waals surface area contributed by atoms with Gasteiger partial charge in [0.05, 0.1) is 6.42 Å². The Morgan fingerprint density at radius 2 is 2.33 bits per heavy atom. The van der Waals surface area contributed by atoms with Crippen LogP contribution < -0.4 is 5.32 Å². The van der Waals surface area contributed by atoms with Crippen molar-refractivity contribution in [2.75, 3.05) is 0 Å². The summed E-state index contributed by atoms with van der Waals surface area (Å²) in [6, 6.07) is 2.66. The van der Waals surface area contributed by atoms with Crippen LogP contribution in [0, 0.1) is 0 Å². The van der Waals surface area contributed by atoms with Crippen LogP contribution in [0.1, 0.15) is 23.8 Å². The zero-order chi connectivity index (χ0) is 11.3. The number of carbonyl (C=O) groups is 2. The molecule has 0 radical (unpaired) electrons. The molecule has 2 N–H and O–H groups in total. The van der Waals surface area contributed by atoms with E-state index >= 15 is 0 Å². The van der Waals surface area contributed by atoms with Crippen LogP contribution in [0.3, 0.4) is 0 Å². The molecule has 0 aliphatic carbocycles. The molecule has 1 rings (SSSR count). The minimum atomic E-state index is -0.957. The summed E-state index contributed by atoms with van der Waals surface area (Å²) < 4.78 is 0. The molecule has 1 aromatic heterocycles. The third-order valence-electron chi connectivity index (χ3n) is 1.66. The molecular formula is C9H11N3O3. The number of nitrogens with zero attached hydrogens (tertiary/aromatic N) is 2. The largest absolute Gasteiger partial charge is 0.481 e. The standard InChI is InChI=1S/C9H11N3O3/c1-6(5-8(13)14)11-9(15)7-3-2-4-10-12-7/h2-4,6H,5H2,1H3,(H,11,15)(H,13,14). The lowest BCUT2D eigenvalue weighted by atomic mass is 10.2. The number of aromatic nitrogens is 2. The molecule has 0 aliphatic heterocycles. The van der Waals surface area contributed by atoms with Gasteiger partial charge in [0.1, 0.15) is 0 Å². The topological polar surface area (TPSA) is 92.2 Å². The number of carboxylic acid groups (broad SMARTS) is 1. The summed E-state index contributed by atoms with van der Waals surface area (Å²) in [5, 5.41) is 18.1. The Labute approximate surface area is 86.3 Å². The Morgan fingerprint density at radius 3 is 2.87 bits per heavy atom. The highest BCUT2D eigenvalue weighted by atomic mass is 16.4. The summed E-state index contributed by atoms with van der Waals surface area (Å²) in [7, 11) is 0. The van der Waals surface area contributed by atoms with Crippen LogP contribution in [0.4, 0.5) is 0 Å². The Morgan fingerprint density at radius 1 is 1.60 bits per heavy atom. The third kappa shape index (κ3) is 3.72. The van der Waals surface area contributed by atoms with Gasteiger partial charge in [-0.2, -0.15) is 5.10 Å². The average molecular weight is 209 g/mol. The van der Waals surface area contributed by atoms with Crippen molar-refractivity contribution in [3.63, 3.8) is 0 Å². The van der Waals surface area contributed by atoms with E-state index < -0.39 is 17.9 Å². The number of hydrogen-bond acceptors (Lipinski definition) is 4. The van der Waals surface area contributed by atoms with Gasteiger partial charge in [-0.15, -0.1) is 5.10 Å². The van der Waals surface area contributed by atoms with Gasteiger partial charge >= 0.3 is 5.97 Å². The van der Waals surface area contributed by atoms with E-state index in [1.807, 2.05) is 0 Å². The van der Waals surface area contributed by atoms with Crippen LogP contribution in [-0.4, -0.2) is 33.2 Å². The van der Waals surface area contributed by atoms with E-state index in [0.29, 0.717) is 0 Å². The van der Waals surface area contributed by atoms with Crippen molar-refractivity contribution in [2.24, 2.45) is 0 Å². The van der Waals surface area contributed by atoms with Crippen LogP contribution >= 0.6 is 0 Å². The molecule has 0 saturated heterocycles. The van der Waals surface area contributed by atoms with Gasteiger partial charge in [-0.25, -0.2) is 0 Å². The van der Waals surface area contributed by atoms with E-state index in [4.69, 9.17) is 5.11 Å². The second-order valence-corrected chi connectivity index (χ2v) is 3.08. The Kier molecular flexibility index (Phi) is 3.73. The highest BCUT2D eigenvalue weighted by Crippen LogP contribution is 1.95. The monoisotopic (exact) mass is 209 g/mol. The summed E-state index contributed by atoms with van der Waals surface area (Å²) >= 11 is 0. The van der Waals surface area contributed by atoms with Crippen LogP contribution in [-0.2, 0) is 4.79 Å². The van der Waals surface area contributed by atoms with Crippen molar-refractivity contribution in [2.45, 2.75) is 19.4 Å². The van der Waals surface area contributed by atoms with Crippen LogP contribution in [0.5, 0.6) is 0 Å². The van der Waals surface area contributed by atoms with Crippen LogP contribution in [0.2, 0.25) is 0 Å². The molecule has 0 fully saturated rings. The molecule has 80 valence electrons. The summed E-state index contributed by atoms with van der Waals surface area (Å²) in [4.78, 5) is 21.8. The number of nitrogens with one attached hydrogen (secondary N) is 1. The molecule has 0 saturated carbocycles. The van der Waals surface area contributed by atoms with Gasteiger partial charge < -0.3 is 10.4 Å².